The van der Waals surface area contributed by atoms with Gasteiger partial charge in [0.05, 0.1) is 5.52 Å². The number of rotatable bonds is 2. The number of aromatic nitrogens is 7. The lowest BCUT2D eigenvalue weighted by Gasteiger charge is -1.96. The summed E-state index contributed by atoms with van der Waals surface area (Å²) in [7, 11) is 0. The van der Waals surface area contributed by atoms with Gasteiger partial charge >= 0.3 is 0 Å². The van der Waals surface area contributed by atoms with E-state index in [1.165, 1.54) is 0 Å². The Hall–Kier alpha value is -2.31. The van der Waals surface area contributed by atoms with Gasteiger partial charge < -0.3 is 0 Å². The molecular formula is C8H7N7. The fourth-order valence-electron chi connectivity index (χ4n) is 1.42. The predicted molar refractivity (Wildman–Crippen MR) is 50.8 cm³/mol. The lowest BCUT2D eigenvalue weighted by molar-refractivity contribution is 0.644. The zero-order valence-electron chi connectivity index (χ0n) is 7.70. The molecule has 0 spiro atoms. The van der Waals surface area contributed by atoms with E-state index in [-0.39, 0.29) is 0 Å². The monoisotopic (exact) mass is 201 g/mol. The third-order valence-corrected chi connectivity index (χ3v) is 2.11. The summed E-state index contributed by atoms with van der Waals surface area (Å²) in [4.78, 5) is 0. The molecule has 3 rings (SSSR count). The molecule has 1 N–H and O–H groups in total. The first-order valence-corrected chi connectivity index (χ1v) is 4.44. The molecule has 0 radical (unpaired) electrons. The summed E-state index contributed by atoms with van der Waals surface area (Å²) < 4.78 is 1.75. The van der Waals surface area contributed by atoms with Crippen LogP contribution in [0.25, 0.3) is 11.0 Å². The number of nitrogens with zero attached hydrogens (tertiary/aromatic N) is 6. The molecule has 3 aromatic rings. The van der Waals surface area contributed by atoms with Gasteiger partial charge in [0.25, 0.3) is 0 Å². The number of benzene rings is 1. The number of tetrazole rings is 1. The summed E-state index contributed by atoms with van der Waals surface area (Å²) in [5.74, 6) is 0.658. The molecule has 0 unspecified atom stereocenters. The molecule has 7 nitrogen and oxygen atoms in total. The van der Waals surface area contributed by atoms with Gasteiger partial charge in [0, 0.05) is 0 Å². The highest BCUT2D eigenvalue weighted by atomic mass is 15.5. The first kappa shape index (κ1) is 8.04. The van der Waals surface area contributed by atoms with Crippen molar-refractivity contribution in [3.63, 3.8) is 0 Å². The number of fused-ring (bicyclic) bond motifs is 1. The number of hydrogen-bond acceptors (Lipinski definition) is 5. The molecule has 0 fully saturated rings. The van der Waals surface area contributed by atoms with Crippen molar-refractivity contribution in [2.45, 2.75) is 6.54 Å². The van der Waals surface area contributed by atoms with E-state index in [1.807, 2.05) is 24.3 Å². The largest absolute Gasteiger partial charge is 0.241 e. The van der Waals surface area contributed by atoms with E-state index >= 15 is 0 Å². The molecule has 74 valence electrons. The zero-order valence-corrected chi connectivity index (χ0v) is 7.70. The summed E-state index contributed by atoms with van der Waals surface area (Å²) in [5, 5.41) is 21.5. The summed E-state index contributed by atoms with van der Waals surface area (Å²) in [6, 6.07) is 7.74. The molecule has 0 aliphatic rings. The van der Waals surface area contributed by atoms with Gasteiger partial charge in [0.2, 0.25) is 0 Å². The minimum Gasteiger partial charge on any atom is -0.241 e. The SMILES string of the molecule is c1ccc2c(c1)nnn2Cc1nnn[nH]1. The fraction of sp³-hybridized carbons (Fsp3) is 0.125. The van der Waals surface area contributed by atoms with Gasteiger partial charge in [-0.15, -0.1) is 10.2 Å². The highest BCUT2D eigenvalue weighted by Gasteiger charge is 2.05. The first-order chi connectivity index (χ1) is 7.43. The Morgan fingerprint density at radius 1 is 1.20 bits per heavy atom. The van der Waals surface area contributed by atoms with Gasteiger partial charge in [0.15, 0.2) is 5.82 Å². The lowest BCUT2D eigenvalue weighted by Crippen LogP contribution is -2.03. The third kappa shape index (κ3) is 1.33. The lowest BCUT2D eigenvalue weighted by atomic mass is 10.3. The molecule has 0 amide bonds. The second kappa shape index (κ2) is 3.12. The van der Waals surface area contributed by atoms with E-state index in [2.05, 4.69) is 30.9 Å². The number of aromatic amines is 1. The number of hydrogen-bond donors (Lipinski definition) is 1. The van der Waals surface area contributed by atoms with E-state index in [0.717, 1.165) is 11.0 Å². The van der Waals surface area contributed by atoms with Crippen molar-refractivity contribution < 1.29 is 0 Å². The van der Waals surface area contributed by atoms with Gasteiger partial charge in [-0.25, -0.2) is 9.78 Å². The molecule has 15 heavy (non-hydrogen) atoms. The number of H-pyrrole nitrogens is 1. The van der Waals surface area contributed by atoms with Crippen LogP contribution in [0, 0.1) is 0 Å². The minimum atomic E-state index is 0.494. The van der Waals surface area contributed by atoms with Gasteiger partial charge in [-0.2, -0.15) is 0 Å². The van der Waals surface area contributed by atoms with Crippen LogP contribution in [-0.2, 0) is 6.54 Å². The van der Waals surface area contributed by atoms with Crippen molar-refractivity contribution in [2.75, 3.05) is 0 Å². The van der Waals surface area contributed by atoms with E-state index in [0.29, 0.717) is 12.4 Å². The van der Waals surface area contributed by atoms with E-state index in [4.69, 9.17) is 0 Å². The second-order valence-corrected chi connectivity index (χ2v) is 3.08. The van der Waals surface area contributed by atoms with Crippen LogP contribution >= 0.6 is 0 Å². The van der Waals surface area contributed by atoms with Crippen LogP contribution in [0.3, 0.4) is 0 Å². The quantitative estimate of drug-likeness (QED) is 0.630. The average molecular weight is 201 g/mol. The van der Waals surface area contributed by atoms with Crippen LogP contribution in [0.15, 0.2) is 24.3 Å². The van der Waals surface area contributed by atoms with Crippen molar-refractivity contribution in [2.24, 2.45) is 0 Å². The van der Waals surface area contributed by atoms with Crippen molar-refractivity contribution in [3.8, 4) is 0 Å². The molecule has 2 heterocycles. The van der Waals surface area contributed by atoms with Crippen LogP contribution in [-0.4, -0.2) is 35.6 Å². The molecule has 0 saturated heterocycles. The highest BCUT2D eigenvalue weighted by Crippen LogP contribution is 2.09. The van der Waals surface area contributed by atoms with Crippen LogP contribution in [0.1, 0.15) is 5.82 Å². The van der Waals surface area contributed by atoms with E-state index in [9.17, 15) is 0 Å². The highest BCUT2D eigenvalue weighted by molar-refractivity contribution is 5.73. The Morgan fingerprint density at radius 3 is 3.00 bits per heavy atom. The maximum absolute atomic E-state index is 4.03. The Morgan fingerprint density at radius 2 is 2.13 bits per heavy atom. The van der Waals surface area contributed by atoms with E-state index in [1.54, 1.807) is 4.68 Å². The van der Waals surface area contributed by atoms with Crippen LogP contribution in [0.5, 0.6) is 0 Å². The molecule has 2 aromatic heterocycles. The Kier molecular flexibility index (Phi) is 1.67. The molecule has 0 saturated carbocycles. The van der Waals surface area contributed by atoms with Gasteiger partial charge in [-0.3, -0.25) is 0 Å². The minimum absolute atomic E-state index is 0.494. The standard InChI is InChI=1S/C8H7N7/c1-2-4-7-6(3-1)9-14-15(7)5-8-10-12-13-11-8/h1-4H,5H2,(H,10,11,12,13). The van der Waals surface area contributed by atoms with Crippen molar-refractivity contribution in [3.05, 3.63) is 30.1 Å². The Bertz CT molecular complexity index is 567. The molecule has 0 aliphatic carbocycles. The summed E-state index contributed by atoms with van der Waals surface area (Å²) in [6.07, 6.45) is 0. The molecule has 1 aromatic carbocycles. The molecule has 7 heteroatoms. The molecule has 0 bridgehead atoms. The van der Waals surface area contributed by atoms with Crippen molar-refractivity contribution in [1.29, 1.82) is 0 Å². The Balaban J connectivity index is 2.05. The van der Waals surface area contributed by atoms with Crippen molar-refractivity contribution >= 4 is 11.0 Å². The molecule has 0 atom stereocenters. The zero-order chi connectivity index (χ0) is 10.1. The Labute approximate surface area is 84.1 Å². The fourth-order valence-corrected chi connectivity index (χ4v) is 1.42. The number of nitrogens with one attached hydrogen (secondary N) is 1. The maximum atomic E-state index is 4.03. The predicted octanol–water partition coefficient (Wildman–Crippen LogP) is -0.00730. The number of para-hydroxylation sites is 1. The van der Waals surface area contributed by atoms with Crippen LogP contribution in [0.2, 0.25) is 0 Å². The topological polar surface area (TPSA) is 85.2 Å². The van der Waals surface area contributed by atoms with Gasteiger partial charge in [-0.05, 0) is 22.6 Å². The van der Waals surface area contributed by atoms with E-state index < -0.39 is 0 Å². The van der Waals surface area contributed by atoms with Gasteiger partial charge in [0.1, 0.15) is 12.1 Å². The first-order valence-electron chi connectivity index (χ1n) is 4.44. The third-order valence-electron chi connectivity index (χ3n) is 2.11. The second-order valence-electron chi connectivity index (χ2n) is 3.08. The maximum Gasteiger partial charge on any atom is 0.170 e. The van der Waals surface area contributed by atoms with Crippen molar-refractivity contribution in [1.82, 2.24) is 35.6 Å². The molecular weight excluding hydrogens is 194 g/mol. The summed E-state index contributed by atoms with van der Waals surface area (Å²) in [5.41, 5.74) is 1.83. The van der Waals surface area contributed by atoms with Crippen LogP contribution in [0.4, 0.5) is 0 Å². The van der Waals surface area contributed by atoms with Gasteiger partial charge in [-0.1, -0.05) is 17.3 Å². The summed E-state index contributed by atoms with van der Waals surface area (Å²) in [6.45, 7) is 0.494. The van der Waals surface area contributed by atoms with Crippen LogP contribution < -0.4 is 0 Å². The average Bonchev–Trinajstić information content (AvgIpc) is 2.89. The normalized spacial score (nSPS) is 10.9. The molecule has 0 aliphatic heterocycles. The summed E-state index contributed by atoms with van der Waals surface area (Å²) >= 11 is 0. The smallest absolute Gasteiger partial charge is 0.170 e.